The van der Waals surface area contributed by atoms with E-state index >= 15 is 0 Å². The number of hydrazine groups is 1. The van der Waals surface area contributed by atoms with Gasteiger partial charge in [0.05, 0.1) is 6.61 Å². The van der Waals surface area contributed by atoms with Crippen LogP contribution in [-0.2, 0) is 9.53 Å². The number of hydroxylamine groups is 1. The Morgan fingerprint density at radius 3 is 2.64 bits per heavy atom. The summed E-state index contributed by atoms with van der Waals surface area (Å²) in [6, 6.07) is 4.76. The number of carbonyl (C=O) groups is 1. The number of rotatable bonds is 12. The zero-order valence-electron chi connectivity index (χ0n) is 18.4. The van der Waals surface area contributed by atoms with Gasteiger partial charge in [-0.1, -0.05) is 0 Å². The van der Waals surface area contributed by atoms with Gasteiger partial charge in [0.1, 0.15) is 23.7 Å². The molecule has 14 heteroatoms. The number of fused-ring (bicyclic) bond motifs is 1. The summed E-state index contributed by atoms with van der Waals surface area (Å²) in [7, 11) is 3.36. The molecule has 11 nitrogen and oxygen atoms in total. The van der Waals surface area contributed by atoms with Crippen molar-refractivity contribution in [3.8, 4) is 5.75 Å². The molecule has 0 bridgehead atoms. The molecule has 0 saturated carbocycles. The summed E-state index contributed by atoms with van der Waals surface area (Å²) < 4.78 is 46.7. The molecule has 186 valence electrons. The molecule has 0 aliphatic carbocycles. The van der Waals surface area contributed by atoms with Crippen LogP contribution in [0, 0.1) is 0 Å². The third-order valence-corrected chi connectivity index (χ3v) is 4.59. The highest BCUT2D eigenvalue weighted by atomic mass is 19.4. The molecule has 1 aliphatic rings. The van der Waals surface area contributed by atoms with Crippen LogP contribution in [0.4, 0.5) is 24.5 Å². The lowest BCUT2D eigenvalue weighted by molar-refractivity contribution is -0.173. The number of aliphatic imine (C=N–C) groups is 1. The lowest BCUT2D eigenvalue weighted by atomic mass is 10.2. The van der Waals surface area contributed by atoms with E-state index in [2.05, 4.69) is 10.4 Å². The van der Waals surface area contributed by atoms with Crippen molar-refractivity contribution in [2.45, 2.75) is 19.0 Å². The van der Waals surface area contributed by atoms with E-state index in [-0.39, 0.29) is 18.2 Å². The van der Waals surface area contributed by atoms with Crippen molar-refractivity contribution in [1.29, 1.82) is 0 Å². The molecule has 0 radical (unpaired) electrons. The van der Waals surface area contributed by atoms with Gasteiger partial charge in [0.15, 0.2) is 0 Å². The number of halogens is 3. The standard InChI is InChI=1S/C19H29F3N6O5/c1-26(9-3-7-23-17(29)19(20,21)22)10-4-8-24-18-25-28(31)16-13-14(33-12-11-32-2)5-6-15(16)27(18)30/h5-6,13,30-31H,3-4,7-12H2,1-2H3,(H,23,29)(H,24,25). The Bertz CT molecular complexity index is 811. The predicted molar refractivity (Wildman–Crippen MR) is 114 cm³/mol. The lowest BCUT2D eigenvalue weighted by Gasteiger charge is -2.33. The molecular weight excluding hydrogens is 449 g/mol. The molecule has 1 aromatic carbocycles. The molecule has 0 spiro atoms. The number of methoxy groups -OCH3 is 1. The number of guanidine groups is 1. The number of amides is 1. The van der Waals surface area contributed by atoms with Crippen molar-refractivity contribution < 1.29 is 37.9 Å². The van der Waals surface area contributed by atoms with Crippen molar-refractivity contribution in [3.63, 3.8) is 0 Å². The van der Waals surface area contributed by atoms with Crippen LogP contribution >= 0.6 is 0 Å². The maximum Gasteiger partial charge on any atom is 0.471 e. The first-order chi connectivity index (χ1) is 15.6. The number of hydrogen-bond acceptors (Lipinski definition) is 8. The zero-order chi connectivity index (χ0) is 24.4. The Kier molecular flexibility index (Phi) is 9.96. The van der Waals surface area contributed by atoms with Gasteiger partial charge in [0, 0.05) is 26.3 Å². The van der Waals surface area contributed by atoms with Gasteiger partial charge in [-0.15, -0.1) is 0 Å². The van der Waals surface area contributed by atoms with E-state index in [1.165, 1.54) is 0 Å². The lowest BCUT2D eigenvalue weighted by Crippen LogP contribution is -2.52. The largest absolute Gasteiger partial charge is 0.491 e. The first-order valence-electron chi connectivity index (χ1n) is 10.2. The zero-order valence-corrected chi connectivity index (χ0v) is 18.4. The number of nitrogens with one attached hydrogen (secondary N) is 2. The highest BCUT2D eigenvalue weighted by molar-refractivity contribution is 6.00. The maximum atomic E-state index is 12.1. The van der Waals surface area contributed by atoms with Crippen LogP contribution in [0.2, 0.25) is 0 Å². The predicted octanol–water partition coefficient (Wildman–Crippen LogP) is 1.37. The topological polar surface area (TPSA) is 122 Å². The van der Waals surface area contributed by atoms with Crippen molar-refractivity contribution in [3.05, 3.63) is 18.2 Å². The van der Waals surface area contributed by atoms with Crippen LogP contribution in [0.1, 0.15) is 12.8 Å². The van der Waals surface area contributed by atoms with Gasteiger partial charge in [-0.25, -0.2) is 10.4 Å². The van der Waals surface area contributed by atoms with Crippen LogP contribution in [-0.4, -0.2) is 86.9 Å². The summed E-state index contributed by atoms with van der Waals surface area (Å²) >= 11 is 0. The summed E-state index contributed by atoms with van der Waals surface area (Å²) in [5.74, 6) is -1.43. The van der Waals surface area contributed by atoms with Gasteiger partial charge < -0.3 is 19.7 Å². The maximum absolute atomic E-state index is 12.1. The highest BCUT2D eigenvalue weighted by Gasteiger charge is 2.38. The molecule has 33 heavy (non-hydrogen) atoms. The molecule has 2 rings (SSSR count). The Hall–Kier alpha value is -2.81. The number of nitrogens with zero attached hydrogens (tertiary/aromatic N) is 4. The highest BCUT2D eigenvalue weighted by Crippen LogP contribution is 2.33. The number of benzene rings is 1. The average molecular weight is 478 g/mol. The van der Waals surface area contributed by atoms with Gasteiger partial charge in [0.25, 0.3) is 0 Å². The minimum Gasteiger partial charge on any atom is -0.491 e. The normalized spacial score (nSPS) is 15.0. The van der Waals surface area contributed by atoms with E-state index in [1.54, 1.807) is 32.4 Å². The molecular formula is C19H29F3N6O5. The minimum atomic E-state index is -4.87. The van der Waals surface area contributed by atoms with E-state index in [0.717, 1.165) is 10.2 Å². The van der Waals surface area contributed by atoms with E-state index in [4.69, 9.17) is 9.47 Å². The second kappa shape index (κ2) is 12.4. The molecule has 4 N–H and O–H groups in total. The van der Waals surface area contributed by atoms with Crippen LogP contribution in [0.25, 0.3) is 0 Å². The molecule has 1 aromatic rings. The molecule has 1 amide bonds. The van der Waals surface area contributed by atoms with Gasteiger partial charge in [-0.05, 0) is 45.1 Å². The second-order valence-corrected chi connectivity index (χ2v) is 7.20. The van der Waals surface area contributed by atoms with E-state index in [0.29, 0.717) is 57.1 Å². The Balaban J connectivity index is 1.76. The smallest absolute Gasteiger partial charge is 0.471 e. The monoisotopic (exact) mass is 478 g/mol. The fourth-order valence-electron chi connectivity index (χ4n) is 2.89. The number of ether oxygens (including phenoxy) is 2. The van der Waals surface area contributed by atoms with Crippen molar-refractivity contribution in [1.82, 2.24) is 15.6 Å². The van der Waals surface area contributed by atoms with Gasteiger partial charge in [0.2, 0.25) is 5.96 Å². The Morgan fingerprint density at radius 1 is 1.21 bits per heavy atom. The van der Waals surface area contributed by atoms with Gasteiger partial charge in [-0.3, -0.25) is 15.2 Å². The molecule has 0 unspecified atom stereocenters. The molecule has 0 aromatic heterocycles. The molecule has 0 atom stereocenters. The van der Waals surface area contributed by atoms with Crippen molar-refractivity contribution in [2.75, 3.05) is 63.8 Å². The fraction of sp³-hybridized carbons (Fsp3) is 0.579. The van der Waals surface area contributed by atoms with Gasteiger partial charge >= 0.3 is 12.1 Å². The third-order valence-electron chi connectivity index (χ3n) is 4.59. The summed E-state index contributed by atoms with van der Waals surface area (Å²) in [5, 5.41) is 24.0. The first kappa shape index (κ1) is 26.4. The van der Waals surface area contributed by atoms with E-state index in [1.807, 2.05) is 10.2 Å². The van der Waals surface area contributed by atoms with Crippen molar-refractivity contribution in [2.24, 2.45) is 4.99 Å². The fourth-order valence-corrected chi connectivity index (χ4v) is 2.89. The van der Waals surface area contributed by atoms with E-state index in [9.17, 15) is 28.4 Å². The third kappa shape index (κ3) is 8.24. The number of hydrogen-bond donors (Lipinski definition) is 4. The van der Waals surface area contributed by atoms with Gasteiger partial charge in [-0.2, -0.15) is 23.4 Å². The van der Waals surface area contributed by atoms with Crippen LogP contribution < -0.4 is 25.7 Å². The molecule has 0 saturated heterocycles. The minimum absolute atomic E-state index is 0.0237. The van der Waals surface area contributed by atoms with Crippen molar-refractivity contribution >= 4 is 23.2 Å². The quantitative estimate of drug-likeness (QED) is 0.330. The number of anilines is 2. The van der Waals surface area contributed by atoms with Crippen LogP contribution in [0.5, 0.6) is 5.75 Å². The molecule has 1 heterocycles. The first-order valence-corrected chi connectivity index (χ1v) is 10.2. The Labute approximate surface area is 189 Å². The van der Waals surface area contributed by atoms with Crippen LogP contribution in [0.3, 0.4) is 0 Å². The summed E-state index contributed by atoms with van der Waals surface area (Å²) in [6.45, 7) is 2.07. The van der Waals surface area contributed by atoms with E-state index < -0.39 is 12.1 Å². The second-order valence-electron chi connectivity index (χ2n) is 7.20. The summed E-state index contributed by atoms with van der Waals surface area (Å²) in [4.78, 5) is 16.9. The summed E-state index contributed by atoms with van der Waals surface area (Å²) in [6.07, 6.45) is -3.91. The Morgan fingerprint density at radius 2 is 1.94 bits per heavy atom. The van der Waals surface area contributed by atoms with Crippen LogP contribution in [0.15, 0.2) is 23.2 Å². The average Bonchev–Trinajstić information content (AvgIpc) is 2.76. The number of carbonyl (C=O) groups excluding carboxylic acids is 1. The molecule has 1 aliphatic heterocycles. The summed E-state index contributed by atoms with van der Waals surface area (Å²) in [5.41, 5.74) is 3.12. The molecule has 0 fully saturated rings. The SMILES string of the molecule is COCCOc1ccc2c(c1)N(O)NC(=NCCCN(C)CCCNC(=O)C(F)(F)F)N2O. The number of alkyl halides is 3.